The molecule has 5 nitrogen and oxygen atoms in total. The summed E-state index contributed by atoms with van der Waals surface area (Å²) in [6.45, 7) is 2.20. The summed E-state index contributed by atoms with van der Waals surface area (Å²) in [6, 6.07) is 20.7. The first-order valence-corrected chi connectivity index (χ1v) is 9.48. The predicted octanol–water partition coefficient (Wildman–Crippen LogP) is 4.08. The molecule has 1 aliphatic heterocycles. The smallest absolute Gasteiger partial charge is 0.259 e. The predicted molar refractivity (Wildman–Crippen MR) is 112 cm³/mol. The SMILES string of the molecule is Cc1cc2c(c(=O)n1Cc1cccc(Cl)c1)[C@@H](c1ccccc1)C(C#N)=C(N)O2. The Morgan fingerprint density at radius 2 is 1.93 bits per heavy atom. The van der Waals surface area contributed by atoms with Crippen LogP contribution in [0.3, 0.4) is 0 Å². The summed E-state index contributed by atoms with van der Waals surface area (Å²) in [6.07, 6.45) is 0. The molecule has 1 atom stereocenters. The zero-order valence-electron chi connectivity index (χ0n) is 15.7. The van der Waals surface area contributed by atoms with Gasteiger partial charge in [-0.1, -0.05) is 54.1 Å². The average Bonchev–Trinajstić information content (AvgIpc) is 2.71. The molecule has 2 aromatic carbocycles. The lowest BCUT2D eigenvalue weighted by atomic mass is 9.84. The Morgan fingerprint density at radius 1 is 1.17 bits per heavy atom. The maximum absolute atomic E-state index is 13.6. The van der Waals surface area contributed by atoms with Crippen LogP contribution in [0.15, 0.2) is 76.9 Å². The van der Waals surface area contributed by atoms with Gasteiger partial charge >= 0.3 is 0 Å². The fourth-order valence-corrected chi connectivity index (χ4v) is 3.89. The first kappa shape index (κ1) is 18.9. The lowest BCUT2D eigenvalue weighted by Crippen LogP contribution is -2.33. The van der Waals surface area contributed by atoms with E-state index in [-0.39, 0.29) is 17.0 Å². The van der Waals surface area contributed by atoms with E-state index in [1.165, 1.54) is 0 Å². The van der Waals surface area contributed by atoms with Crippen molar-refractivity contribution >= 4 is 11.6 Å². The molecule has 2 N–H and O–H groups in total. The number of aryl methyl sites for hydroxylation is 1. The Bertz CT molecular complexity index is 1220. The first-order valence-electron chi connectivity index (χ1n) is 9.11. The van der Waals surface area contributed by atoms with Gasteiger partial charge in [0.05, 0.1) is 18.0 Å². The Balaban J connectivity index is 1.92. The minimum atomic E-state index is -0.580. The van der Waals surface area contributed by atoms with Crippen molar-refractivity contribution in [3.8, 4) is 11.8 Å². The molecule has 0 amide bonds. The molecule has 0 fully saturated rings. The fraction of sp³-hybridized carbons (Fsp3) is 0.130. The van der Waals surface area contributed by atoms with Crippen LogP contribution in [-0.4, -0.2) is 4.57 Å². The molecule has 0 aliphatic carbocycles. The van der Waals surface area contributed by atoms with Crippen molar-refractivity contribution in [3.63, 3.8) is 0 Å². The quantitative estimate of drug-likeness (QED) is 0.714. The number of aromatic nitrogens is 1. The lowest BCUT2D eigenvalue weighted by molar-refractivity contribution is 0.389. The molecular weight excluding hydrogens is 386 g/mol. The van der Waals surface area contributed by atoms with Crippen LogP contribution in [0.2, 0.25) is 5.02 Å². The van der Waals surface area contributed by atoms with Crippen LogP contribution >= 0.6 is 11.6 Å². The highest BCUT2D eigenvalue weighted by Gasteiger charge is 2.34. The number of halogens is 1. The topological polar surface area (TPSA) is 81.0 Å². The Hall–Kier alpha value is -3.49. The van der Waals surface area contributed by atoms with Crippen LogP contribution in [-0.2, 0) is 6.54 Å². The summed E-state index contributed by atoms with van der Waals surface area (Å²) < 4.78 is 7.34. The van der Waals surface area contributed by atoms with E-state index < -0.39 is 5.92 Å². The molecule has 4 rings (SSSR count). The summed E-state index contributed by atoms with van der Waals surface area (Å²) in [5, 5.41) is 10.3. The van der Waals surface area contributed by atoms with E-state index in [1.807, 2.05) is 55.5 Å². The largest absolute Gasteiger partial charge is 0.440 e. The van der Waals surface area contributed by atoms with E-state index in [2.05, 4.69) is 6.07 Å². The molecule has 0 radical (unpaired) electrons. The van der Waals surface area contributed by atoms with E-state index >= 15 is 0 Å². The molecule has 0 saturated carbocycles. The van der Waals surface area contributed by atoms with Gasteiger partial charge in [0.25, 0.3) is 5.56 Å². The minimum Gasteiger partial charge on any atom is -0.440 e. The average molecular weight is 404 g/mol. The maximum Gasteiger partial charge on any atom is 0.259 e. The monoisotopic (exact) mass is 403 g/mol. The molecule has 0 spiro atoms. The van der Waals surface area contributed by atoms with Crippen molar-refractivity contribution in [2.45, 2.75) is 19.4 Å². The third-order valence-corrected chi connectivity index (χ3v) is 5.29. The number of nitrogens with zero attached hydrogens (tertiary/aromatic N) is 2. The second-order valence-corrected chi connectivity index (χ2v) is 7.36. The van der Waals surface area contributed by atoms with Gasteiger partial charge in [-0.3, -0.25) is 4.79 Å². The second kappa shape index (κ2) is 7.50. The molecule has 3 aromatic rings. The van der Waals surface area contributed by atoms with Crippen molar-refractivity contribution in [2.75, 3.05) is 0 Å². The summed E-state index contributed by atoms with van der Waals surface area (Å²) >= 11 is 6.10. The first-order chi connectivity index (χ1) is 14.0. The Kier molecular flexibility index (Phi) is 4.87. The number of nitriles is 1. The summed E-state index contributed by atoms with van der Waals surface area (Å²) in [5.74, 6) is -0.163. The van der Waals surface area contributed by atoms with E-state index in [0.29, 0.717) is 22.9 Å². The molecule has 144 valence electrons. The number of fused-ring (bicyclic) bond motifs is 1. The van der Waals surface area contributed by atoms with Crippen LogP contribution in [0.4, 0.5) is 0 Å². The summed E-state index contributed by atoms with van der Waals surface area (Å²) in [5.41, 5.74) is 8.91. The van der Waals surface area contributed by atoms with Crippen molar-refractivity contribution in [1.29, 1.82) is 5.26 Å². The normalized spacial score (nSPS) is 15.4. The number of nitrogens with two attached hydrogens (primary N) is 1. The number of pyridine rings is 1. The van der Waals surface area contributed by atoms with E-state index in [9.17, 15) is 10.1 Å². The summed E-state index contributed by atoms with van der Waals surface area (Å²) in [7, 11) is 0. The highest BCUT2D eigenvalue weighted by Crippen LogP contribution is 2.40. The fourth-order valence-electron chi connectivity index (χ4n) is 3.68. The molecule has 0 bridgehead atoms. The van der Waals surface area contributed by atoms with Crippen molar-refractivity contribution in [1.82, 2.24) is 4.57 Å². The third kappa shape index (κ3) is 3.39. The molecule has 2 heterocycles. The van der Waals surface area contributed by atoms with Gasteiger partial charge in [0, 0.05) is 16.8 Å². The number of benzene rings is 2. The molecule has 0 saturated heterocycles. The highest BCUT2D eigenvalue weighted by atomic mass is 35.5. The number of rotatable bonds is 3. The van der Waals surface area contributed by atoms with Crippen LogP contribution in [0, 0.1) is 18.3 Å². The zero-order valence-corrected chi connectivity index (χ0v) is 16.5. The lowest BCUT2D eigenvalue weighted by Gasteiger charge is -2.27. The van der Waals surface area contributed by atoms with Gasteiger partial charge in [-0.25, -0.2) is 0 Å². The maximum atomic E-state index is 13.6. The zero-order chi connectivity index (χ0) is 20.5. The van der Waals surface area contributed by atoms with Crippen molar-refractivity contribution in [2.24, 2.45) is 5.73 Å². The number of ether oxygens (including phenoxy) is 1. The van der Waals surface area contributed by atoms with Gasteiger partial charge in [-0.2, -0.15) is 5.26 Å². The van der Waals surface area contributed by atoms with E-state index in [1.54, 1.807) is 16.7 Å². The number of hydrogen-bond donors (Lipinski definition) is 1. The highest BCUT2D eigenvalue weighted by molar-refractivity contribution is 6.30. The van der Waals surface area contributed by atoms with Crippen LogP contribution < -0.4 is 16.0 Å². The van der Waals surface area contributed by atoms with Gasteiger partial charge in [-0.15, -0.1) is 0 Å². The standard InChI is InChI=1S/C23H18ClN3O2/c1-14-10-19-21(23(28)27(14)13-15-6-5-9-17(24)11-15)20(16-7-3-2-4-8-16)18(12-25)22(26)29-19/h2-11,20H,13,26H2,1H3/t20-/m0/s1. The Labute approximate surface area is 173 Å². The molecular formula is C23H18ClN3O2. The number of allylic oxidation sites excluding steroid dienone is 1. The number of hydrogen-bond acceptors (Lipinski definition) is 4. The van der Waals surface area contributed by atoms with Crippen LogP contribution in [0.25, 0.3) is 0 Å². The third-order valence-electron chi connectivity index (χ3n) is 5.05. The van der Waals surface area contributed by atoms with Gasteiger partial charge in [0.2, 0.25) is 5.88 Å². The van der Waals surface area contributed by atoms with Crippen LogP contribution in [0.5, 0.6) is 5.75 Å². The van der Waals surface area contributed by atoms with Crippen molar-refractivity contribution in [3.05, 3.63) is 110 Å². The molecule has 0 unspecified atom stereocenters. The van der Waals surface area contributed by atoms with Crippen molar-refractivity contribution < 1.29 is 4.74 Å². The second-order valence-electron chi connectivity index (χ2n) is 6.92. The summed E-state index contributed by atoms with van der Waals surface area (Å²) in [4.78, 5) is 13.6. The van der Waals surface area contributed by atoms with Gasteiger partial charge in [-0.05, 0) is 30.2 Å². The molecule has 1 aliphatic rings. The minimum absolute atomic E-state index is 0.0280. The van der Waals surface area contributed by atoms with E-state index in [0.717, 1.165) is 16.8 Å². The molecule has 1 aromatic heterocycles. The molecule has 6 heteroatoms. The van der Waals surface area contributed by atoms with Gasteiger partial charge < -0.3 is 15.0 Å². The van der Waals surface area contributed by atoms with Gasteiger partial charge in [0.15, 0.2) is 0 Å². The van der Waals surface area contributed by atoms with Gasteiger partial charge in [0.1, 0.15) is 17.4 Å². The molecule has 29 heavy (non-hydrogen) atoms. The van der Waals surface area contributed by atoms with E-state index in [4.69, 9.17) is 22.1 Å². The Morgan fingerprint density at radius 3 is 2.62 bits per heavy atom. The van der Waals surface area contributed by atoms with Crippen LogP contribution in [0.1, 0.15) is 28.3 Å².